The Labute approximate surface area is 121 Å². The van der Waals surface area contributed by atoms with Gasteiger partial charge in [-0.1, -0.05) is 38.0 Å². The molecule has 1 aromatic carbocycles. The standard InChI is InChI=1S/C16H26N2O2/c1-5-12(3)15(17)16(19)18-10-13(4)20-14-8-6-11(2)7-9-14/h6-9,12-13,15H,5,10,17H2,1-4H3,(H,18,19). The van der Waals surface area contributed by atoms with E-state index in [1.807, 2.05) is 52.0 Å². The fourth-order valence-corrected chi connectivity index (χ4v) is 1.77. The Balaban J connectivity index is 2.37. The molecule has 3 N–H and O–H groups in total. The lowest BCUT2D eigenvalue weighted by atomic mass is 9.99. The van der Waals surface area contributed by atoms with Crippen LogP contribution in [0, 0.1) is 12.8 Å². The number of hydrogen-bond donors (Lipinski definition) is 2. The summed E-state index contributed by atoms with van der Waals surface area (Å²) >= 11 is 0. The third-order valence-electron chi connectivity index (χ3n) is 3.48. The van der Waals surface area contributed by atoms with Gasteiger partial charge in [-0.2, -0.15) is 0 Å². The Bertz CT molecular complexity index is 417. The van der Waals surface area contributed by atoms with E-state index in [4.69, 9.17) is 10.5 Å². The van der Waals surface area contributed by atoms with Crippen LogP contribution in [0.25, 0.3) is 0 Å². The van der Waals surface area contributed by atoms with Crippen molar-refractivity contribution in [3.05, 3.63) is 29.8 Å². The average Bonchev–Trinajstić information content (AvgIpc) is 2.45. The van der Waals surface area contributed by atoms with Crippen molar-refractivity contribution in [3.8, 4) is 5.75 Å². The van der Waals surface area contributed by atoms with Gasteiger partial charge in [0.05, 0.1) is 12.6 Å². The van der Waals surface area contributed by atoms with Crippen LogP contribution in [0.5, 0.6) is 5.75 Å². The van der Waals surface area contributed by atoms with Crippen LogP contribution in [-0.2, 0) is 4.79 Å². The minimum atomic E-state index is -0.452. The van der Waals surface area contributed by atoms with Crippen LogP contribution < -0.4 is 15.8 Å². The molecule has 4 heteroatoms. The summed E-state index contributed by atoms with van der Waals surface area (Å²) in [6.45, 7) is 8.42. The lowest BCUT2D eigenvalue weighted by Crippen LogP contribution is -2.47. The minimum absolute atomic E-state index is 0.0919. The van der Waals surface area contributed by atoms with Crippen molar-refractivity contribution in [1.82, 2.24) is 5.32 Å². The number of aryl methyl sites for hydroxylation is 1. The van der Waals surface area contributed by atoms with Gasteiger partial charge in [-0.3, -0.25) is 4.79 Å². The maximum Gasteiger partial charge on any atom is 0.237 e. The smallest absolute Gasteiger partial charge is 0.237 e. The van der Waals surface area contributed by atoms with E-state index < -0.39 is 6.04 Å². The van der Waals surface area contributed by atoms with Crippen LogP contribution in [0.1, 0.15) is 32.8 Å². The summed E-state index contributed by atoms with van der Waals surface area (Å²) < 4.78 is 5.73. The molecule has 0 radical (unpaired) electrons. The second kappa shape index (κ2) is 7.90. The summed E-state index contributed by atoms with van der Waals surface area (Å²) in [7, 11) is 0. The van der Waals surface area contributed by atoms with Gasteiger partial charge >= 0.3 is 0 Å². The lowest BCUT2D eigenvalue weighted by molar-refractivity contribution is -0.123. The van der Waals surface area contributed by atoms with Gasteiger partial charge < -0.3 is 15.8 Å². The molecule has 0 heterocycles. The molecule has 0 saturated heterocycles. The van der Waals surface area contributed by atoms with Gasteiger partial charge in [-0.05, 0) is 31.9 Å². The largest absolute Gasteiger partial charge is 0.489 e. The second-order valence-electron chi connectivity index (χ2n) is 5.40. The molecular weight excluding hydrogens is 252 g/mol. The van der Waals surface area contributed by atoms with Crippen LogP contribution in [0.3, 0.4) is 0 Å². The van der Waals surface area contributed by atoms with Gasteiger partial charge in [-0.25, -0.2) is 0 Å². The number of hydrogen-bond acceptors (Lipinski definition) is 3. The maximum absolute atomic E-state index is 11.9. The highest BCUT2D eigenvalue weighted by molar-refractivity contribution is 5.81. The molecule has 0 aliphatic heterocycles. The van der Waals surface area contributed by atoms with Crippen molar-refractivity contribution in [2.45, 2.75) is 46.3 Å². The quantitative estimate of drug-likeness (QED) is 0.804. The van der Waals surface area contributed by atoms with Crippen LogP contribution in [0.15, 0.2) is 24.3 Å². The number of carbonyl (C=O) groups excluding carboxylic acids is 1. The number of nitrogens with two attached hydrogens (primary N) is 1. The van der Waals surface area contributed by atoms with Crippen molar-refractivity contribution in [2.24, 2.45) is 11.7 Å². The highest BCUT2D eigenvalue weighted by Gasteiger charge is 2.19. The van der Waals surface area contributed by atoms with Crippen LogP contribution in [0.4, 0.5) is 0 Å². The molecule has 0 aromatic heterocycles. The number of benzene rings is 1. The number of nitrogens with one attached hydrogen (secondary N) is 1. The zero-order chi connectivity index (χ0) is 15.1. The molecule has 3 unspecified atom stereocenters. The predicted octanol–water partition coefficient (Wildman–Crippen LogP) is 2.25. The molecule has 112 valence electrons. The Hall–Kier alpha value is -1.55. The maximum atomic E-state index is 11.9. The summed E-state index contributed by atoms with van der Waals surface area (Å²) in [5.41, 5.74) is 7.07. The molecule has 0 fully saturated rings. The summed E-state index contributed by atoms with van der Waals surface area (Å²) in [5, 5.41) is 2.84. The SMILES string of the molecule is CCC(C)C(N)C(=O)NCC(C)Oc1ccc(C)cc1. The first-order chi connectivity index (χ1) is 9.43. The monoisotopic (exact) mass is 278 g/mol. The first-order valence-electron chi connectivity index (χ1n) is 7.20. The molecule has 20 heavy (non-hydrogen) atoms. The summed E-state index contributed by atoms with van der Waals surface area (Å²) in [6, 6.07) is 7.40. The van der Waals surface area contributed by atoms with Gasteiger partial charge in [-0.15, -0.1) is 0 Å². The van der Waals surface area contributed by atoms with Crippen LogP contribution in [-0.4, -0.2) is 24.6 Å². The third-order valence-corrected chi connectivity index (χ3v) is 3.48. The van der Waals surface area contributed by atoms with Crippen LogP contribution >= 0.6 is 0 Å². The van der Waals surface area contributed by atoms with E-state index >= 15 is 0 Å². The van der Waals surface area contributed by atoms with E-state index in [9.17, 15) is 4.79 Å². The molecule has 0 bridgehead atoms. The molecule has 3 atom stereocenters. The number of rotatable bonds is 7. The Morgan fingerprint density at radius 1 is 1.30 bits per heavy atom. The van der Waals surface area contributed by atoms with Crippen molar-refractivity contribution >= 4 is 5.91 Å². The fraction of sp³-hybridized carbons (Fsp3) is 0.562. The van der Waals surface area contributed by atoms with Crippen molar-refractivity contribution < 1.29 is 9.53 Å². The first-order valence-corrected chi connectivity index (χ1v) is 7.20. The first kappa shape index (κ1) is 16.5. The van der Waals surface area contributed by atoms with E-state index in [1.54, 1.807) is 0 Å². The van der Waals surface area contributed by atoms with Gasteiger partial charge in [0.2, 0.25) is 5.91 Å². The number of ether oxygens (including phenoxy) is 1. The van der Waals surface area contributed by atoms with Gasteiger partial charge in [0.1, 0.15) is 11.9 Å². The molecular formula is C16H26N2O2. The molecule has 1 rings (SSSR count). The van der Waals surface area contributed by atoms with Gasteiger partial charge in [0, 0.05) is 0 Å². The third kappa shape index (κ3) is 5.21. The van der Waals surface area contributed by atoms with Crippen LogP contribution in [0.2, 0.25) is 0 Å². The van der Waals surface area contributed by atoms with Crippen molar-refractivity contribution in [3.63, 3.8) is 0 Å². The van der Waals surface area contributed by atoms with Crippen molar-refractivity contribution in [2.75, 3.05) is 6.54 Å². The molecule has 0 spiro atoms. The summed E-state index contributed by atoms with van der Waals surface area (Å²) in [4.78, 5) is 11.9. The predicted molar refractivity (Wildman–Crippen MR) is 81.7 cm³/mol. The topological polar surface area (TPSA) is 64.4 Å². The molecule has 4 nitrogen and oxygen atoms in total. The summed E-state index contributed by atoms with van der Waals surface area (Å²) in [5.74, 6) is 0.880. The highest BCUT2D eigenvalue weighted by Crippen LogP contribution is 2.13. The van der Waals surface area contributed by atoms with E-state index in [2.05, 4.69) is 5.32 Å². The Morgan fingerprint density at radius 2 is 1.90 bits per heavy atom. The fourth-order valence-electron chi connectivity index (χ4n) is 1.77. The number of carbonyl (C=O) groups is 1. The Morgan fingerprint density at radius 3 is 2.45 bits per heavy atom. The second-order valence-corrected chi connectivity index (χ2v) is 5.40. The molecule has 1 aromatic rings. The molecule has 0 aliphatic rings. The molecule has 0 aliphatic carbocycles. The van der Waals surface area contributed by atoms with E-state index in [0.717, 1.165) is 12.2 Å². The lowest BCUT2D eigenvalue weighted by Gasteiger charge is -2.20. The Kier molecular flexibility index (Phi) is 6.52. The molecule has 1 amide bonds. The number of amides is 1. The van der Waals surface area contributed by atoms with Gasteiger partial charge in [0.15, 0.2) is 0 Å². The van der Waals surface area contributed by atoms with E-state index in [0.29, 0.717) is 6.54 Å². The van der Waals surface area contributed by atoms with Crippen molar-refractivity contribution in [1.29, 1.82) is 0 Å². The average molecular weight is 278 g/mol. The van der Waals surface area contributed by atoms with Gasteiger partial charge in [0.25, 0.3) is 0 Å². The van der Waals surface area contributed by atoms with E-state index in [-0.39, 0.29) is 17.9 Å². The minimum Gasteiger partial charge on any atom is -0.489 e. The zero-order valence-corrected chi connectivity index (χ0v) is 12.8. The highest BCUT2D eigenvalue weighted by atomic mass is 16.5. The normalized spacial score (nSPS) is 15.2. The van der Waals surface area contributed by atoms with E-state index in [1.165, 1.54) is 5.56 Å². The molecule has 0 saturated carbocycles. The zero-order valence-electron chi connectivity index (χ0n) is 12.8. The summed E-state index contributed by atoms with van der Waals surface area (Å²) in [6.07, 6.45) is 0.801.